The zero-order chi connectivity index (χ0) is 17.3. The Kier molecular flexibility index (Phi) is 4.58. The summed E-state index contributed by atoms with van der Waals surface area (Å²) in [5, 5.41) is 0.376. The standard InChI is InChI=1S/C19H18ClNO3/c1-12-7-13(2)9-15(8-12)21-11-14(10-18(21)22)19(23)24-17-6-4-3-5-16(17)20/h3-9,14H,10-11H2,1-2H3/t14-/m1/s1. The van der Waals surface area contributed by atoms with Crippen LogP contribution in [0.4, 0.5) is 5.69 Å². The van der Waals surface area contributed by atoms with Gasteiger partial charge in [0.2, 0.25) is 5.91 Å². The van der Waals surface area contributed by atoms with Crippen LogP contribution >= 0.6 is 11.6 Å². The second-order valence-corrected chi connectivity index (χ2v) is 6.51. The van der Waals surface area contributed by atoms with Crippen LogP contribution in [-0.2, 0) is 9.59 Å². The molecule has 1 saturated heterocycles. The number of amides is 1. The number of carbonyl (C=O) groups excluding carboxylic acids is 2. The van der Waals surface area contributed by atoms with Crippen molar-refractivity contribution in [3.63, 3.8) is 0 Å². The molecule has 0 unspecified atom stereocenters. The fraction of sp³-hybridized carbons (Fsp3) is 0.263. The van der Waals surface area contributed by atoms with Gasteiger partial charge in [0.25, 0.3) is 0 Å². The Balaban J connectivity index is 1.74. The number of nitrogens with zero attached hydrogens (tertiary/aromatic N) is 1. The van der Waals surface area contributed by atoms with Gasteiger partial charge in [0.1, 0.15) is 5.75 Å². The van der Waals surface area contributed by atoms with Crippen molar-refractivity contribution in [3.05, 3.63) is 58.6 Å². The van der Waals surface area contributed by atoms with Gasteiger partial charge < -0.3 is 9.64 Å². The molecule has 0 bridgehead atoms. The molecule has 1 aliphatic rings. The van der Waals surface area contributed by atoms with E-state index in [1.54, 1.807) is 29.2 Å². The van der Waals surface area contributed by atoms with Crippen molar-refractivity contribution in [3.8, 4) is 5.75 Å². The molecule has 1 atom stereocenters. The van der Waals surface area contributed by atoms with E-state index in [-0.39, 0.29) is 12.3 Å². The minimum Gasteiger partial charge on any atom is -0.425 e. The largest absolute Gasteiger partial charge is 0.425 e. The summed E-state index contributed by atoms with van der Waals surface area (Å²) in [7, 11) is 0. The van der Waals surface area contributed by atoms with Crippen LogP contribution in [0.2, 0.25) is 5.02 Å². The van der Waals surface area contributed by atoms with Gasteiger partial charge in [-0.25, -0.2) is 0 Å². The fourth-order valence-electron chi connectivity index (χ4n) is 2.94. The number of hydrogen-bond donors (Lipinski definition) is 0. The lowest BCUT2D eigenvalue weighted by atomic mass is 10.1. The predicted octanol–water partition coefficient (Wildman–Crippen LogP) is 3.92. The molecule has 1 amide bonds. The van der Waals surface area contributed by atoms with Crippen LogP contribution in [-0.4, -0.2) is 18.4 Å². The van der Waals surface area contributed by atoms with E-state index >= 15 is 0 Å². The second kappa shape index (κ2) is 6.65. The van der Waals surface area contributed by atoms with Gasteiger partial charge in [0.15, 0.2) is 0 Å². The Hall–Kier alpha value is -2.33. The van der Waals surface area contributed by atoms with Gasteiger partial charge in [-0.15, -0.1) is 0 Å². The number of esters is 1. The van der Waals surface area contributed by atoms with Crippen molar-refractivity contribution < 1.29 is 14.3 Å². The number of anilines is 1. The van der Waals surface area contributed by atoms with E-state index < -0.39 is 11.9 Å². The Bertz CT molecular complexity index is 783. The zero-order valence-electron chi connectivity index (χ0n) is 13.6. The van der Waals surface area contributed by atoms with Gasteiger partial charge >= 0.3 is 5.97 Å². The number of carbonyl (C=O) groups is 2. The number of para-hydroxylation sites is 1. The van der Waals surface area contributed by atoms with Crippen LogP contribution in [0, 0.1) is 19.8 Å². The number of aryl methyl sites for hydroxylation is 2. The summed E-state index contributed by atoms with van der Waals surface area (Å²) in [6, 6.07) is 12.8. The molecule has 0 saturated carbocycles. The molecule has 0 aliphatic carbocycles. The third-order valence-electron chi connectivity index (χ3n) is 4.02. The SMILES string of the molecule is Cc1cc(C)cc(N2C[C@H](C(=O)Oc3ccccc3Cl)CC2=O)c1. The summed E-state index contributed by atoms with van der Waals surface area (Å²) >= 11 is 6.01. The first-order valence-electron chi connectivity index (χ1n) is 7.79. The van der Waals surface area contributed by atoms with Crippen LogP contribution in [0.5, 0.6) is 5.75 Å². The minimum absolute atomic E-state index is 0.0684. The molecular weight excluding hydrogens is 326 g/mol. The molecule has 0 radical (unpaired) electrons. The Morgan fingerprint density at radius 2 is 1.83 bits per heavy atom. The van der Waals surface area contributed by atoms with E-state index in [0.717, 1.165) is 16.8 Å². The molecule has 3 rings (SSSR count). The first-order chi connectivity index (χ1) is 11.4. The topological polar surface area (TPSA) is 46.6 Å². The zero-order valence-corrected chi connectivity index (χ0v) is 14.3. The minimum atomic E-state index is -0.491. The summed E-state index contributed by atoms with van der Waals surface area (Å²) in [5.41, 5.74) is 2.99. The summed E-state index contributed by atoms with van der Waals surface area (Å²) in [6.07, 6.45) is 0.149. The molecule has 4 nitrogen and oxygen atoms in total. The van der Waals surface area contributed by atoms with E-state index in [0.29, 0.717) is 17.3 Å². The summed E-state index contributed by atoms with van der Waals surface area (Å²) in [4.78, 5) is 26.3. The van der Waals surface area contributed by atoms with Gasteiger partial charge in [-0.1, -0.05) is 29.8 Å². The van der Waals surface area contributed by atoms with Crippen LogP contribution < -0.4 is 9.64 Å². The van der Waals surface area contributed by atoms with Crippen molar-refractivity contribution in [2.24, 2.45) is 5.92 Å². The third kappa shape index (κ3) is 3.44. The van der Waals surface area contributed by atoms with Gasteiger partial charge in [-0.2, -0.15) is 0 Å². The summed E-state index contributed by atoms with van der Waals surface area (Å²) in [6.45, 7) is 4.30. The van der Waals surface area contributed by atoms with Crippen molar-refractivity contribution in [2.75, 3.05) is 11.4 Å². The molecule has 0 spiro atoms. The monoisotopic (exact) mass is 343 g/mol. The van der Waals surface area contributed by atoms with Gasteiger partial charge in [-0.05, 0) is 49.2 Å². The normalized spacial score (nSPS) is 17.2. The molecule has 0 aromatic heterocycles. The smallest absolute Gasteiger partial charge is 0.316 e. The molecular formula is C19H18ClNO3. The number of rotatable bonds is 3. The molecule has 124 valence electrons. The average Bonchev–Trinajstić information content (AvgIpc) is 2.91. The predicted molar refractivity (Wildman–Crippen MR) is 93.5 cm³/mol. The van der Waals surface area contributed by atoms with Gasteiger partial charge in [-0.3, -0.25) is 9.59 Å². The molecule has 1 fully saturated rings. The highest BCUT2D eigenvalue weighted by Crippen LogP contribution is 2.29. The highest BCUT2D eigenvalue weighted by molar-refractivity contribution is 6.32. The second-order valence-electron chi connectivity index (χ2n) is 6.10. The number of benzene rings is 2. The van der Waals surface area contributed by atoms with Gasteiger partial charge in [0.05, 0.1) is 10.9 Å². The van der Waals surface area contributed by atoms with Crippen LogP contribution in [0.1, 0.15) is 17.5 Å². The molecule has 2 aromatic carbocycles. The maximum Gasteiger partial charge on any atom is 0.316 e. The lowest BCUT2D eigenvalue weighted by Crippen LogP contribution is -2.27. The van der Waals surface area contributed by atoms with Crippen LogP contribution in [0.3, 0.4) is 0 Å². The summed E-state index contributed by atoms with van der Waals surface area (Å²) < 4.78 is 5.36. The fourth-order valence-corrected chi connectivity index (χ4v) is 3.12. The lowest BCUT2D eigenvalue weighted by Gasteiger charge is -2.18. The third-order valence-corrected chi connectivity index (χ3v) is 4.34. The van der Waals surface area contributed by atoms with E-state index in [2.05, 4.69) is 0 Å². The molecule has 1 aliphatic heterocycles. The van der Waals surface area contributed by atoms with E-state index in [1.807, 2.05) is 32.0 Å². The highest BCUT2D eigenvalue weighted by Gasteiger charge is 2.36. The lowest BCUT2D eigenvalue weighted by molar-refractivity contribution is -0.139. The molecule has 2 aromatic rings. The van der Waals surface area contributed by atoms with E-state index in [1.165, 1.54) is 0 Å². The molecule has 5 heteroatoms. The molecule has 0 N–H and O–H groups in total. The Labute approximate surface area is 146 Å². The number of ether oxygens (including phenoxy) is 1. The van der Waals surface area contributed by atoms with Gasteiger partial charge in [0, 0.05) is 18.7 Å². The first kappa shape index (κ1) is 16.5. The van der Waals surface area contributed by atoms with E-state index in [4.69, 9.17) is 16.3 Å². The number of hydrogen-bond acceptors (Lipinski definition) is 3. The molecule has 1 heterocycles. The van der Waals surface area contributed by atoms with E-state index in [9.17, 15) is 9.59 Å². The molecule has 24 heavy (non-hydrogen) atoms. The Morgan fingerprint density at radius 1 is 1.17 bits per heavy atom. The Morgan fingerprint density at radius 3 is 2.50 bits per heavy atom. The maximum absolute atomic E-state index is 12.4. The summed E-state index contributed by atoms with van der Waals surface area (Å²) in [5.74, 6) is -0.666. The van der Waals surface area contributed by atoms with Crippen LogP contribution in [0.15, 0.2) is 42.5 Å². The first-order valence-corrected chi connectivity index (χ1v) is 8.17. The van der Waals surface area contributed by atoms with Crippen molar-refractivity contribution >= 4 is 29.2 Å². The highest BCUT2D eigenvalue weighted by atomic mass is 35.5. The maximum atomic E-state index is 12.4. The van der Waals surface area contributed by atoms with Crippen LogP contribution in [0.25, 0.3) is 0 Å². The number of halogens is 1. The van der Waals surface area contributed by atoms with Crippen molar-refractivity contribution in [1.82, 2.24) is 0 Å². The average molecular weight is 344 g/mol. The van der Waals surface area contributed by atoms with Crippen molar-refractivity contribution in [1.29, 1.82) is 0 Å². The quantitative estimate of drug-likeness (QED) is 0.627. The van der Waals surface area contributed by atoms with Crippen molar-refractivity contribution in [2.45, 2.75) is 20.3 Å².